The van der Waals surface area contributed by atoms with Crippen LogP contribution in [0.2, 0.25) is 0 Å². The zero-order valence-electron chi connectivity index (χ0n) is 26.6. The minimum absolute atomic E-state index is 0.00577. The predicted molar refractivity (Wildman–Crippen MR) is 169 cm³/mol. The number of carbonyl (C=O) groups is 4. The van der Waals surface area contributed by atoms with E-state index in [1.165, 1.54) is 25.7 Å². The maximum absolute atomic E-state index is 13.8. The van der Waals surface area contributed by atoms with E-state index in [1.54, 1.807) is 4.90 Å². The predicted octanol–water partition coefficient (Wildman–Crippen LogP) is 2.06. The summed E-state index contributed by atoms with van der Waals surface area (Å²) in [6.45, 7) is 4.34. The number of likely N-dealkylation sites (tertiary alicyclic amines) is 1. The number of benzene rings is 1. The number of ether oxygens (including phenoxy) is 2. The molecule has 2 N–H and O–H groups in total. The van der Waals surface area contributed by atoms with E-state index in [9.17, 15) is 19.2 Å². The smallest absolute Gasteiger partial charge is 0.253 e. The van der Waals surface area contributed by atoms with Crippen molar-refractivity contribution in [2.75, 3.05) is 72.2 Å². The second-order valence-corrected chi connectivity index (χ2v) is 13.0. The molecule has 0 aromatic heterocycles. The van der Waals surface area contributed by atoms with Gasteiger partial charge in [-0.25, -0.2) is 0 Å². The zero-order valence-corrected chi connectivity index (χ0v) is 26.6. The van der Waals surface area contributed by atoms with Gasteiger partial charge in [0.2, 0.25) is 17.7 Å². The van der Waals surface area contributed by atoms with Crippen LogP contribution in [0.1, 0.15) is 68.1 Å². The number of rotatable bonds is 6. The molecule has 4 amide bonds. The van der Waals surface area contributed by atoms with E-state index in [0.29, 0.717) is 76.8 Å². The fourth-order valence-corrected chi connectivity index (χ4v) is 7.35. The number of fused-ring (bicyclic) bond motifs is 15. The van der Waals surface area contributed by atoms with Gasteiger partial charge in [-0.05, 0) is 69.0 Å². The fraction of sp³-hybridized carbons (Fsp3) is 0.706. The van der Waals surface area contributed by atoms with E-state index in [4.69, 9.17) is 9.47 Å². The number of hydrogen-bond acceptors (Lipinski definition) is 7. The molecule has 0 radical (unpaired) electrons. The maximum atomic E-state index is 13.8. The third kappa shape index (κ3) is 9.73. The topological polar surface area (TPSA) is 121 Å². The lowest BCUT2D eigenvalue weighted by atomic mass is 9.80. The van der Waals surface area contributed by atoms with Crippen LogP contribution in [-0.4, -0.2) is 123 Å². The Morgan fingerprint density at radius 3 is 2.42 bits per heavy atom. The first-order chi connectivity index (χ1) is 22.0. The maximum Gasteiger partial charge on any atom is 0.253 e. The Morgan fingerprint density at radius 2 is 1.64 bits per heavy atom. The van der Waals surface area contributed by atoms with Gasteiger partial charge in [0, 0.05) is 56.8 Å². The van der Waals surface area contributed by atoms with Crippen molar-refractivity contribution < 1.29 is 28.7 Å². The van der Waals surface area contributed by atoms with Crippen molar-refractivity contribution in [1.82, 2.24) is 25.3 Å². The molecule has 248 valence electrons. The highest BCUT2D eigenvalue weighted by Gasteiger charge is 2.36. The average Bonchev–Trinajstić information content (AvgIpc) is 3.59. The van der Waals surface area contributed by atoms with Crippen LogP contribution in [0.4, 0.5) is 0 Å². The van der Waals surface area contributed by atoms with Crippen molar-refractivity contribution in [1.29, 1.82) is 0 Å². The molecule has 0 spiro atoms. The molecule has 1 aromatic carbocycles. The molecule has 45 heavy (non-hydrogen) atoms. The Balaban J connectivity index is 1.24. The first-order valence-corrected chi connectivity index (χ1v) is 17.0. The van der Waals surface area contributed by atoms with Gasteiger partial charge in [-0.1, -0.05) is 31.0 Å². The molecule has 2 atom stereocenters. The third-order valence-corrected chi connectivity index (χ3v) is 10.0. The SMILES string of the molecule is O=C1C[C@@H]2CCN(C[C@@H]2CCNC2CCCC2)C(=O)CN(C2CCN(C(=O)c3ccccc3)CC2)C(=O)COCCOCCN1. The minimum Gasteiger partial charge on any atom is -0.377 e. The number of carbonyl (C=O) groups excluding carboxylic acids is 4. The summed E-state index contributed by atoms with van der Waals surface area (Å²) in [5.74, 6) is 0.158. The molecule has 11 nitrogen and oxygen atoms in total. The quantitative estimate of drug-likeness (QED) is 0.465. The van der Waals surface area contributed by atoms with Gasteiger partial charge >= 0.3 is 0 Å². The van der Waals surface area contributed by atoms with E-state index in [1.807, 2.05) is 40.1 Å². The normalized spacial score (nSPS) is 25.7. The molecule has 4 aliphatic heterocycles. The van der Waals surface area contributed by atoms with Crippen LogP contribution in [0.15, 0.2) is 30.3 Å². The van der Waals surface area contributed by atoms with Gasteiger partial charge in [-0.2, -0.15) is 0 Å². The summed E-state index contributed by atoms with van der Waals surface area (Å²) in [6.07, 6.45) is 8.32. The Hall–Kier alpha value is -3.02. The van der Waals surface area contributed by atoms with Gasteiger partial charge < -0.3 is 34.8 Å². The Morgan fingerprint density at radius 1 is 0.889 bits per heavy atom. The average molecular weight is 626 g/mol. The van der Waals surface area contributed by atoms with Gasteiger partial charge in [0.15, 0.2) is 0 Å². The molecule has 0 unspecified atom stereocenters. The summed E-state index contributed by atoms with van der Waals surface area (Å²) in [5, 5.41) is 6.69. The van der Waals surface area contributed by atoms with Crippen molar-refractivity contribution in [2.24, 2.45) is 11.8 Å². The second kappa shape index (κ2) is 17.1. The zero-order chi connectivity index (χ0) is 31.4. The molecule has 1 saturated carbocycles. The van der Waals surface area contributed by atoms with Crippen molar-refractivity contribution in [3.63, 3.8) is 0 Å². The van der Waals surface area contributed by atoms with Crippen LogP contribution in [-0.2, 0) is 23.9 Å². The Labute approximate surface area is 267 Å². The van der Waals surface area contributed by atoms with Gasteiger partial charge in [0.1, 0.15) is 13.2 Å². The van der Waals surface area contributed by atoms with Crippen LogP contribution < -0.4 is 10.6 Å². The highest BCUT2D eigenvalue weighted by molar-refractivity contribution is 5.94. The largest absolute Gasteiger partial charge is 0.377 e. The lowest BCUT2D eigenvalue weighted by Gasteiger charge is -2.41. The molecule has 6 rings (SSSR count). The van der Waals surface area contributed by atoms with Crippen molar-refractivity contribution in [3.05, 3.63) is 35.9 Å². The monoisotopic (exact) mass is 625 g/mol. The van der Waals surface area contributed by atoms with Crippen LogP contribution in [0.25, 0.3) is 0 Å². The summed E-state index contributed by atoms with van der Waals surface area (Å²) in [7, 11) is 0. The number of piperidine rings is 2. The van der Waals surface area contributed by atoms with Gasteiger partial charge in [0.05, 0.1) is 19.8 Å². The number of amides is 4. The van der Waals surface area contributed by atoms with E-state index >= 15 is 0 Å². The lowest BCUT2D eigenvalue weighted by molar-refractivity contribution is -0.148. The van der Waals surface area contributed by atoms with Crippen LogP contribution in [0, 0.1) is 11.8 Å². The highest BCUT2D eigenvalue weighted by Crippen LogP contribution is 2.30. The molecule has 4 saturated heterocycles. The molecule has 1 aromatic rings. The van der Waals surface area contributed by atoms with Crippen molar-refractivity contribution in [2.45, 2.75) is 69.9 Å². The standard InChI is InChI=1S/C34H51N5O6/c40-31-22-27-11-16-38(23-28(27)10-14-35-29-8-4-5-9-29)32(41)24-39(33(42)25-45-21-20-44-19-15-36-31)30-12-17-37(18-13-30)34(43)26-6-2-1-3-7-26/h1-3,6-7,27-30,35H,4-5,8-25H2,(H,36,40)/t27-,28-/m0/s1. The summed E-state index contributed by atoms with van der Waals surface area (Å²) < 4.78 is 11.3. The summed E-state index contributed by atoms with van der Waals surface area (Å²) in [5.41, 5.74) is 0.656. The Bertz CT molecular complexity index is 1120. The van der Waals surface area contributed by atoms with Crippen LogP contribution in [0.3, 0.4) is 0 Å². The second-order valence-electron chi connectivity index (χ2n) is 13.0. The van der Waals surface area contributed by atoms with Gasteiger partial charge in [-0.3, -0.25) is 19.2 Å². The molecular formula is C34H51N5O6. The fourth-order valence-electron chi connectivity index (χ4n) is 7.35. The van der Waals surface area contributed by atoms with E-state index in [2.05, 4.69) is 10.6 Å². The van der Waals surface area contributed by atoms with Crippen LogP contribution in [0.5, 0.6) is 0 Å². The van der Waals surface area contributed by atoms with Gasteiger partial charge in [-0.15, -0.1) is 0 Å². The number of nitrogens with zero attached hydrogens (tertiary/aromatic N) is 3. The molecule has 5 aliphatic rings. The van der Waals surface area contributed by atoms with Crippen molar-refractivity contribution >= 4 is 23.6 Å². The minimum atomic E-state index is -0.211. The summed E-state index contributed by atoms with van der Waals surface area (Å²) in [6, 6.07) is 9.67. The molecule has 2 bridgehead atoms. The molecule has 4 heterocycles. The molecule has 1 aliphatic carbocycles. The molecule has 5 fully saturated rings. The van der Waals surface area contributed by atoms with E-state index < -0.39 is 0 Å². The first-order valence-electron chi connectivity index (χ1n) is 17.0. The van der Waals surface area contributed by atoms with Crippen LogP contribution >= 0.6 is 0 Å². The summed E-state index contributed by atoms with van der Waals surface area (Å²) >= 11 is 0. The number of nitrogens with one attached hydrogen (secondary N) is 2. The summed E-state index contributed by atoms with van der Waals surface area (Å²) in [4.78, 5) is 58.6. The van der Waals surface area contributed by atoms with Gasteiger partial charge in [0.25, 0.3) is 5.91 Å². The van der Waals surface area contributed by atoms with Crippen molar-refractivity contribution in [3.8, 4) is 0 Å². The lowest BCUT2D eigenvalue weighted by Crippen LogP contribution is -2.54. The number of hydrogen-bond donors (Lipinski definition) is 2. The first kappa shape index (κ1) is 33.3. The molecule has 11 heteroatoms. The Kier molecular flexibility index (Phi) is 12.6. The van der Waals surface area contributed by atoms with E-state index in [0.717, 1.165) is 19.4 Å². The highest BCUT2D eigenvalue weighted by atomic mass is 16.5. The third-order valence-electron chi connectivity index (χ3n) is 10.0. The molecular weight excluding hydrogens is 574 g/mol. The van der Waals surface area contributed by atoms with E-state index in [-0.39, 0.29) is 61.3 Å².